The predicted octanol–water partition coefficient (Wildman–Crippen LogP) is 0.639. The maximum atomic E-state index is 11.1. The molecule has 108 valence electrons. The van der Waals surface area contributed by atoms with Crippen LogP contribution in [-0.2, 0) is 4.79 Å². The van der Waals surface area contributed by atoms with Crippen LogP contribution < -0.4 is 14.6 Å². The van der Waals surface area contributed by atoms with Gasteiger partial charge in [-0.25, -0.2) is 0 Å². The number of benzene rings is 2. The zero-order valence-corrected chi connectivity index (χ0v) is 14.4. The molecule has 0 radical (unpaired) electrons. The summed E-state index contributed by atoms with van der Waals surface area (Å²) in [6.45, 7) is 0. The summed E-state index contributed by atoms with van der Waals surface area (Å²) in [6.07, 6.45) is 1.46. The molecule has 2 aromatic rings. The highest BCUT2D eigenvalue weighted by molar-refractivity contribution is 6.64. The van der Waals surface area contributed by atoms with Gasteiger partial charge in [-0.3, -0.25) is 4.79 Å². The highest BCUT2D eigenvalue weighted by Crippen LogP contribution is 2.11. The molecule has 2 rings (SSSR count). The van der Waals surface area contributed by atoms with Crippen LogP contribution in [0, 0.1) is 0 Å². The molecule has 4 nitrogen and oxygen atoms in total. The van der Waals surface area contributed by atoms with Gasteiger partial charge in [-0.2, -0.15) is 0 Å². The summed E-state index contributed by atoms with van der Waals surface area (Å²) in [5.41, 5.74) is 5.25. The Morgan fingerprint density at radius 1 is 0.857 bits per heavy atom. The first-order valence-corrected chi connectivity index (χ1v) is 9.15. The summed E-state index contributed by atoms with van der Waals surface area (Å²) >= 11 is 0. The first kappa shape index (κ1) is 15.1. The van der Waals surface area contributed by atoms with Crippen LogP contribution in [0.2, 0.25) is 0 Å². The van der Waals surface area contributed by atoms with E-state index in [1.54, 1.807) is 0 Å². The SMILES string of the molecule is NC(=O)C=C([SiH2]Oc1ccccc1)[SiH2]Oc1ccccc1. The molecule has 0 heterocycles. The molecule has 0 atom stereocenters. The number of carbonyl (C=O) groups is 1. The summed E-state index contributed by atoms with van der Waals surface area (Å²) in [5, 5.41) is 0. The monoisotopic (exact) mass is 315 g/mol. The molecule has 6 heteroatoms. The molecule has 1 amide bonds. The number of hydrogen-bond donors (Lipinski definition) is 1. The number of rotatable bonds is 7. The van der Waals surface area contributed by atoms with Gasteiger partial charge >= 0.3 is 0 Å². The molecule has 2 N–H and O–H groups in total. The second kappa shape index (κ2) is 8.08. The molecule has 0 aliphatic carbocycles. The van der Waals surface area contributed by atoms with Gasteiger partial charge in [0.05, 0.1) is 0 Å². The molecule has 0 spiro atoms. The van der Waals surface area contributed by atoms with Gasteiger partial charge in [-0.05, 0) is 35.2 Å². The molecule has 0 unspecified atom stereocenters. The lowest BCUT2D eigenvalue weighted by molar-refractivity contribution is -0.113. The van der Waals surface area contributed by atoms with Gasteiger partial charge in [0, 0.05) is 0 Å². The maximum absolute atomic E-state index is 11.1. The maximum Gasteiger partial charge on any atom is 0.246 e. The third-order valence-corrected chi connectivity index (χ3v) is 6.01. The molecule has 0 fully saturated rings. The number of carbonyl (C=O) groups excluding carboxylic acids is 1. The minimum atomic E-state index is -1.03. The van der Waals surface area contributed by atoms with Gasteiger partial charge in [-0.15, -0.1) is 0 Å². The Balaban J connectivity index is 1.94. The second-order valence-corrected chi connectivity index (χ2v) is 8.38. The van der Waals surface area contributed by atoms with Gasteiger partial charge in [0.1, 0.15) is 11.5 Å². The van der Waals surface area contributed by atoms with Gasteiger partial charge in [-0.1, -0.05) is 36.4 Å². The normalized spacial score (nSPS) is 10.9. The average Bonchev–Trinajstić information content (AvgIpc) is 2.51. The number of para-hydroxylation sites is 2. The Morgan fingerprint density at radius 3 is 1.67 bits per heavy atom. The van der Waals surface area contributed by atoms with E-state index >= 15 is 0 Å². The topological polar surface area (TPSA) is 61.6 Å². The highest BCUT2D eigenvalue weighted by atomic mass is 28.3. The Morgan fingerprint density at radius 2 is 1.29 bits per heavy atom. The Hall–Kier alpha value is -2.32. The highest BCUT2D eigenvalue weighted by Gasteiger charge is 2.06. The molecule has 21 heavy (non-hydrogen) atoms. The van der Waals surface area contributed by atoms with E-state index in [0.717, 1.165) is 16.3 Å². The minimum absolute atomic E-state index is 0.446. The van der Waals surface area contributed by atoms with Crippen molar-refractivity contribution in [2.24, 2.45) is 5.73 Å². The lowest BCUT2D eigenvalue weighted by Gasteiger charge is -2.10. The molecule has 0 saturated heterocycles. The molecule has 2 aromatic carbocycles. The Labute approximate surface area is 128 Å². The van der Waals surface area contributed by atoms with Crippen LogP contribution in [-0.4, -0.2) is 25.4 Å². The van der Waals surface area contributed by atoms with E-state index in [-0.39, 0.29) is 0 Å². The van der Waals surface area contributed by atoms with Crippen molar-refractivity contribution in [3.05, 3.63) is 71.6 Å². The van der Waals surface area contributed by atoms with Crippen LogP contribution in [0.3, 0.4) is 0 Å². The van der Waals surface area contributed by atoms with Gasteiger partial charge in [0.15, 0.2) is 0 Å². The van der Waals surface area contributed by atoms with Crippen molar-refractivity contribution >= 4 is 25.4 Å². The fourth-order valence-electron chi connectivity index (χ4n) is 1.71. The lowest BCUT2D eigenvalue weighted by Crippen LogP contribution is -2.20. The third-order valence-electron chi connectivity index (χ3n) is 2.68. The van der Waals surface area contributed by atoms with Crippen molar-refractivity contribution in [2.75, 3.05) is 0 Å². The smallest absolute Gasteiger partial charge is 0.246 e. The van der Waals surface area contributed by atoms with Crippen LogP contribution in [0.15, 0.2) is 71.6 Å². The Bertz CT molecular complexity index is 557. The van der Waals surface area contributed by atoms with Gasteiger partial charge in [0.2, 0.25) is 25.4 Å². The number of nitrogens with two attached hydrogens (primary N) is 1. The van der Waals surface area contributed by atoms with Crippen LogP contribution >= 0.6 is 0 Å². The van der Waals surface area contributed by atoms with E-state index in [4.69, 9.17) is 14.6 Å². The summed E-state index contributed by atoms with van der Waals surface area (Å²) in [5.74, 6) is 1.18. The fraction of sp³-hybridized carbons (Fsp3) is 0. The first-order chi connectivity index (χ1) is 10.2. The largest absolute Gasteiger partial charge is 0.546 e. The molecule has 0 aromatic heterocycles. The summed E-state index contributed by atoms with van der Waals surface area (Å²) in [7, 11) is -2.07. The third kappa shape index (κ3) is 5.68. The van der Waals surface area contributed by atoms with Crippen molar-refractivity contribution < 1.29 is 13.6 Å². The van der Waals surface area contributed by atoms with E-state index in [1.165, 1.54) is 6.08 Å². The molecular weight excluding hydrogens is 298 g/mol. The van der Waals surface area contributed by atoms with Crippen molar-refractivity contribution in [1.29, 1.82) is 0 Å². The molecule has 0 bridgehead atoms. The molecule has 0 aliphatic rings. The number of primary amides is 1. The second-order valence-electron chi connectivity index (χ2n) is 4.41. The summed E-state index contributed by atoms with van der Waals surface area (Å²) in [6, 6.07) is 19.1. The van der Waals surface area contributed by atoms with E-state index in [0.29, 0.717) is 0 Å². The van der Waals surface area contributed by atoms with Crippen molar-refractivity contribution in [1.82, 2.24) is 0 Å². The standard InChI is InChI=1S/C15H17NO3Si2/c16-14(17)11-15(20-18-12-7-3-1-4-8-12)21-19-13-9-5-2-6-10-13/h1-11H,20-21H2,(H2,16,17). The zero-order chi connectivity index (χ0) is 14.9. The van der Waals surface area contributed by atoms with Gasteiger partial charge in [0.25, 0.3) is 0 Å². The molecule has 0 saturated carbocycles. The van der Waals surface area contributed by atoms with Gasteiger partial charge < -0.3 is 14.6 Å². The van der Waals surface area contributed by atoms with Crippen LogP contribution in [0.4, 0.5) is 0 Å². The summed E-state index contributed by atoms with van der Waals surface area (Å²) < 4.78 is 11.5. The quantitative estimate of drug-likeness (QED) is 0.602. The van der Waals surface area contributed by atoms with E-state index < -0.39 is 25.4 Å². The minimum Gasteiger partial charge on any atom is -0.546 e. The average molecular weight is 315 g/mol. The van der Waals surface area contributed by atoms with Crippen molar-refractivity contribution in [3.63, 3.8) is 0 Å². The Kier molecular flexibility index (Phi) is 5.80. The molecule has 0 aliphatic heterocycles. The first-order valence-electron chi connectivity index (χ1n) is 6.58. The van der Waals surface area contributed by atoms with Crippen LogP contribution in [0.5, 0.6) is 11.5 Å². The fourth-order valence-corrected chi connectivity index (χ4v) is 4.32. The van der Waals surface area contributed by atoms with Crippen LogP contribution in [0.1, 0.15) is 0 Å². The van der Waals surface area contributed by atoms with E-state index in [2.05, 4.69) is 0 Å². The van der Waals surface area contributed by atoms with E-state index in [9.17, 15) is 4.79 Å². The predicted molar refractivity (Wildman–Crippen MR) is 88.5 cm³/mol. The lowest BCUT2D eigenvalue weighted by atomic mass is 10.3. The molecular formula is C15H17NO3Si2. The van der Waals surface area contributed by atoms with E-state index in [1.807, 2.05) is 60.7 Å². The van der Waals surface area contributed by atoms with Crippen molar-refractivity contribution in [2.45, 2.75) is 0 Å². The van der Waals surface area contributed by atoms with Crippen LogP contribution in [0.25, 0.3) is 0 Å². The zero-order valence-electron chi connectivity index (χ0n) is 11.6. The van der Waals surface area contributed by atoms with Crippen molar-refractivity contribution in [3.8, 4) is 11.5 Å². The number of amides is 1. The number of hydrogen-bond acceptors (Lipinski definition) is 3. The summed E-state index contributed by atoms with van der Waals surface area (Å²) in [4.78, 5) is 12.1.